The molecule has 0 saturated heterocycles. The van der Waals surface area contributed by atoms with Crippen LogP contribution in [0.3, 0.4) is 0 Å². The molecule has 0 aliphatic heterocycles. The number of nitro groups is 1. The number of rotatable bonds is 5. The maximum absolute atomic E-state index is 11.2. The molecule has 0 bridgehead atoms. The highest BCUT2D eigenvalue weighted by Gasteiger charge is 2.18. The van der Waals surface area contributed by atoms with Crippen molar-refractivity contribution in [3.8, 4) is 0 Å². The maximum Gasteiger partial charge on any atom is 0.352 e. The number of para-hydroxylation sites is 1. The number of aromatic nitrogens is 3. The highest BCUT2D eigenvalue weighted by atomic mass is 16.6. The first kappa shape index (κ1) is 13.3. The molecule has 1 aromatic carbocycles. The summed E-state index contributed by atoms with van der Waals surface area (Å²) in [6.07, 6.45) is 2.27. The highest BCUT2D eigenvalue weighted by Crippen LogP contribution is 2.18. The molecule has 0 amide bonds. The number of carbonyl (C=O) groups is 1. The third-order valence-corrected chi connectivity index (χ3v) is 2.44. The van der Waals surface area contributed by atoms with Gasteiger partial charge in [-0.2, -0.15) is 5.10 Å². The van der Waals surface area contributed by atoms with Crippen LogP contribution >= 0.6 is 0 Å². The molecule has 0 spiro atoms. The Labute approximate surface area is 112 Å². The van der Waals surface area contributed by atoms with Gasteiger partial charge in [0.1, 0.15) is 12.7 Å². The van der Waals surface area contributed by atoms with Crippen LogP contribution in [0.1, 0.15) is 5.56 Å². The van der Waals surface area contributed by atoms with Crippen LogP contribution in [0.4, 0.5) is 5.69 Å². The van der Waals surface area contributed by atoms with E-state index in [1.54, 1.807) is 6.07 Å². The Morgan fingerprint density at radius 3 is 2.60 bits per heavy atom. The Balaban J connectivity index is 2.35. The van der Waals surface area contributed by atoms with Crippen molar-refractivity contribution in [2.24, 2.45) is 5.10 Å². The van der Waals surface area contributed by atoms with Crippen molar-refractivity contribution in [3.05, 3.63) is 52.6 Å². The molecular weight excluding hydrogens is 266 g/mol. The van der Waals surface area contributed by atoms with E-state index in [0.29, 0.717) is 0 Å². The SMILES string of the molecule is O=C(O)/C(Cc1ccccc1[N+](=O)[O-])=N\n1cnnc1. The summed E-state index contributed by atoms with van der Waals surface area (Å²) in [4.78, 5) is 21.5. The maximum atomic E-state index is 11.2. The normalized spacial score (nSPS) is 11.3. The number of hydrogen-bond acceptors (Lipinski definition) is 6. The van der Waals surface area contributed by atoms with Crippen molar-refractivity contribution < 1.29 is 14.8 Å². The Morgan fingerprint density at radius 1 is 1.35 bits per heavy atom. The molecule has 0 atom stereocenters. The molecule has 0 aliphatic rings. The Hall–Kier alpha value is -3.10. The van der Waals surface area contributed by atoms with E-state index in [2.05, 4.69) is 15.3 Å². The monoisotopic (exact) mass is 275 g/mol. The van der Waals surface area contributed by atoms with Gasteiger partial charge in [-0.1, -0.05) is 18.2 Å². The molecular formula is C11H9N5O4. The topological polar surface area (TPSA) is 124 Å². The molecule has 1 aromatic heterocycles. The molecule has 0 radical (unpaired) electrons. The zero-order valence-electron chi connectivity index (χ0n) is 10.1. The second kappa shape index (κ2) is 5.69. The first-order valence-corrected chi connectivity index (χ1v) is 5.46. The van der Waals surface area contributed by atoms with E-state index >= 15 is 0 Å². The van der Waals surface area contributed by atoms with Crippen LogP contribution in [0.5, 0.6) is 0 Å². The first-order valence-electron chi connectivity index (χ1n) is 5.46. The molecule has 2 aromatic rings. The van der Waals surface area contributed by atoms with Gasteiger partial charge < -0.3 is 5.11 Å². The number of nitro benzene ring substituents is 1. The van der Waals surface area contributed by atoms with Crippen LogP contribution in [0.2, 0.25) is 0 Å². The van der Waals surface area contributed by atoms with Crippen LogP contribution in [0.25, 0.3) is 0 Å². The van der Waals surface area contributed by atoms with E-state index in [1.807, 2.05) is 0 Å². The summed E-state index contributed by atoms with van der Waals surface area (Å²) in [6.45, 7) is 0. The van der Waals surface area contributed by atoms with Gasteiger partial charge in [-0.3, -0.25) is 10.1 Å². The summed E-state index contributed by atoms with van der Waals surface area (Å²) in [5, 5.41) is 30.8. The van der Waals surface area contributed by atoms with E-state index in [-0.39, 0.29) is 23.4 Å². The van der Waals surface area contributed by atoms with Gasteiger partial charge in [0.2, 0.25) is 0 Å². The molecule has 1 N–H and O–H groups in total. The predicted octanol–water partition coefficient (Wildman–Crippen LogP) is 0.718. The first-order chi connectivity index (χ1) is 9.58. The molecule has 2 rings (SSSR count). The number of carboxylic acid groups (broad SMARTS) is 1. The van der Waals surface area contributed by atoms with Crippen molar-refractivity contribution >= 4 is 17.4 Å². The summed E-state index contributed by atoms with van der Waals surface area (Å²) in [5.41, 5.74) is -0.129. The molecule has 0 aliphatic carbocycles. The lowest BCUT2D eigenvalue weighted by Crippen LogP contribution is -2.18. The zero-order valence-corrected chi connectivity index (χ0v) is 10.1. The predicted molar refractivity (Wildman–Crippen MR) is 67.3 cm³/mol. The number of aliphatic carboxylic acids is 1. The molecule has 0 saturated carbocycles. The van der Waals surface area contributed by atoms with E-state index in [0.717, 1.165) is 4.68 Å². The van der Waals surface area contributed by atoms with E-state index < -0.39 is 10.9 Å². The van der Waals surface area contributed by atoms with Gasteiger partial charge in [-0.15, -0.1) is 10.2 Å². The van der Waals surface area contributed by atoms with Gasteiger partial charge >= 0.3 is 5.97 Å². The number of nitrogens with zero attached hydrogens (tertiary/aromatic N) is 5. The molecule has 1 heterocycles. The Morgan fingerprint density at radius 2 is 2.00 bits per heavy atom. The van der Waals surface area contributed by atoms with Crippen molar-refractivity contribution in [1.82, 2.24) is 14.9 Å². The summed E-state index contributed by atoms with van der Waals surface area (Å²) in [6, 6.07) is 5.91. The highest BCUT2D eigenvalue weighted by molar-refractivity contribution is 6.36. The number of carboxylic acids is 1. The van der Waals surface area contributed by atoms with Crippen LogP contribution in [-0.2, 0) is 11.2 Å². The van der Waals surface area contributed by atoms with Gasteiger partial charge in [-0.25, -0.2) is 9.47 Å². The Bertz CT molecular complexity index is 665. The summed E-state index contributed by atoms with van der Waals surface area (Å²) in [5.74, 6) is -1.27. The molecule has 0 unspecified atom stereocenters. The fourth-order valence-electron chi connectivity index (χ4n) is 1.56. The fourth-order valence-corrected chi connectivity index (χ4v) is 1.56. The number of benzene rings is 1. The molecule has 9 nitrogen and oxygen atoms in total. The minimum absolute atomic E-state index is 0.148. The fraction of sp³-hybridized carbons (Fsp3) is 0.0909. The molecule has 0 fully saturated rings. The Kier molecular flexibility index (Phi) is 3.80. The number of hydrogen-bond donors (Lipinski definition) is 1. The second-order valence-electron chi connectivity index (χ2n) is 3.76. The lowest BCUT2D eigenvalue weighted by atomic mass is 10.1. The van der Waals surface area contributed by atoms with Gasteiger partial charge in [0, 0.05) is 18.1 Å². The standard InChI is InChI=1S/C11H9N5O4/c17-11(18)9(14-15-6-12-13-7-15)5-8-3-1-2-4-10(8)16(19)20/h1-4,6-7H,5H2,(H,17,18)/b14-9-. The third-order valence-electron chi connectivity index (χ3n) is 2.44. The van der Waals surface area contributed by atoms with E-state index in [1.165, 1.54) is 30.9 Å². The summed E-state index contributed by atoms with van der Waals surface area (Å²) >= 11 is 0. The smallest absolute Gasteiger partial charge is 0.352 e. The average molecular weight is 275 g/mol. The second-order valence-corrected chi connectivity index (χ2v) is 3.76. The van der Waals surface area contributed by atoms with E-state index in [4.69, 9.17) is 5.11 Å². The minimum atomic E-state index is -1.27. The third kappa shape index (κ3) is 3.02. The van der Waals surface area contributed by atoms with Crippen molar-refractivity contribution in [1.29, 1.82) is 0 Å². The van der Waals surface area contributed by atoms with Gasteiger partial charge in [-0.05, 0) is 0 Å². The van der Waals surface area contributed by atoms with Crippen LogP contribution in [-0.4, -0.2) is 36.6 Å². The van der Waals surface area contributed by atoms with Crippen LogP contribution < -0.4 is 0 Å². The largest absolute Gasteiger partial charge is 0.477 e. The van der Waals surface area contributed by atoms with Crippen molar-refractivity contribution in [2.45, 2.75) is 6.42 Å². The zero-order chi connectivity index (χ0) is 14.5. The lowest BCUT2D eigenvalue weighted by Gasteiger charge is -2.03. The van der Waals surface area contributed by atoms with Gasteiger partial charge in [0.25, 0.3) is 5.69 Å². The van der Waals surface area contributed by atoms with Crippen molar-refractivity contribution in [2.75, 3.05) is 0 Å². The van der Waals surface area contributed by atoms with E-state index in [9.17, 15) is 14.9 Å². The van der Waals surface area contributed by atoms with Crippen LogP contribution in [0, 0.1) is 10.1 Å². The average Bonchev–Trinajstić information content (AvgIpc) is 2.91. The lowest BCUT2D eigenvalue weighted by molar-refractivity contribution is -0.385. The molecule has 102 valence electrons. The van der Waals surface area contributed by atoms with Gasteiger partial charge in [0.05, 0.1) is 4.92 Å². The van der Waals surface area contributed by atoms with Crippen LogP contribution in [0.15, 0.2) is 42.0 Å². The quantitative estimate of drug-likeness (QED) is 0.487. The summed E-state index contributed by atoms with van der Waals surface area (Å²) in [7, 11) is 0. The minimum Gasteiger partial charge on any atom is -0.477 e. The van der Waals surface area contributed by atoms with Gasteiger partial charge in [0.15, 0.2) is 5.71 Å². The van der Waals surface area contributed by atoms with Crippen molar-refractivity contribution in [3.63, 3.8) is 0 Å². The molecule has 9 heteroatoms. The summed E-state index contributed by atoms with van der Waals surface area (Å²) < 4.78 is 1.12. The molecule has 20 heavy (non-hydrogen) atoms.